The Kier molecular flexibility index (Phi) is 5.56. The number of carbonyl (C=O) groups excluding carboxylic acids is 1. The van der Waals surface area contributed by atoms with Crippen molar-refractivity contribution in [2.24, 2.45) is 0 Å². The number of anilines is 4. The van der Waals surface area contributed by atoms with Gasteiger partial charge >= 0.3 is 0 Å². The van der Waals surface area contributed by atoms with Gasteiger partial charge in [0.15, 0.2) is 0 Å². The van der Waals surface area contributed by atoms with Gasteiger partial charge in [0.05, 0.1) is 18.9 Å². The summed E-state index contributed by atoms with van der Waals surface area (Å²) < 4.78 is 5.30. The molecule has 3 aliphatic rings. The zero-order valence-corrected chi connectivity index (χ0v) is 18.8. The lowest BCUT2D eigenvalue weighted by Crippen LogP contribution is -2.27. The number of rotatable bonds is 7. The Morgan fingerprint density at radius 1 is 1.03 bits per heavy atom. The molecular formula is C25H27N7O2. The van der Waals surface area contributed by atoms with Gasteiger partial charge in [-0.15, -0.1) is 0 Å². The van der Waals surface area contributed by atoms with E-state index in [4.69, 9.17) is 4.74 Å². The van der Waals surface area contributed by atoms with E-state index in [1.165, 1.54) is 11.1 Å². The molecule has 4 N–H and O–H groups in total. The highest BCUT2D eigenvalue weighted by molar-refractivity contribution is 5.99. The molecule has 1 saturated carbocycles. The maximum absolute atomic E-state index is 12.9. The minimum Gasteiger partial charge on any atom is -0.380 e. The molecule has 0 radical (unpaired) electrons. The lowest BCUT2D eigenvalue weighted by molar-refractivity contribution is 0.00674. The number of hydrogen-bond donors (Lipinski definition) is 4. The highest BCUT2D eigenvalue weighted by Gasteiger charge is 2.26. The Bertz CT molecular complexity index is 1220. The minimum absolute atomic E-state index is 0.167. The summed E-state index contributed by atoms with van der Waals surface area (Å²) in [6.07, 6.45) is 6.37. The van der Waals surface area contributed by atoms with Crippen molar-refractivity contribution in [1.29, 1.82) is 0 Å². The maximum atomic E-state index is 12.9. The molecule has 174 valence electrons. The lowest BCUT2D eigenvalue weighted by Gasteiger charge is -2.25. The smallest absolute Gasteiger partial charge is 0.256 e. The number of nitrogens with zero attached hydrogens (tertiary/aromatic N) is 3. The van der Waals surface area contributed by atoms with Crippen molar-refractivity contribution in [3.05, 3.63) is 65.1 Å². The molecule has 1 amide bonds. The Hall–Kier alpha value is -3.56. The van der Waals surface area contributed by atoms with Crippen LogP contribution in [0.4, 0.5) is 23.1 Å². The van der Waals surface area contributed by atoms with Gasteiger partial charge in [-0.05, 0) is 61.2 Å². The van der Waals surface area contributed by atoms with E-state index in [1.807, 2.05) is 18.2 Å². The standard InChI is InChI=1S/C25H27N7O2/c33-24(30-18-3-4-18)21-12-28-25(31-19-2-1-16-11-26-7-5-15(16)9-19)32-23(21)29-20-6-8-27-22(10-20)17-13-34-14-17/h1-2,6,8-10,12,17-18,26H,3-5,7,11,13-14H2,(H,30,33)(H2,27,28,29,31,32). The fourth-order valence-electron chi connectivity index (χ4n) is 4.17. The second kappa shape index (κ2) is 9.00. The molecule has 2 aromatic heterocycles. The average Bonchev–Trinajstić information content (AvgIpc) is 3.62. The Morgan fingerprint density at radius 3 is 2.74 bits per heavy atom. The zero-order valence-electron chi connectivity index (χ0n) is 18.8. The summed E-state index contributed by atoms with van der Waals surface area (Å²) in [4.78, 5) is 26.5. The van der Waals surface area contributed by atoms with Crippen molar-refractivity contribution in [1.82, 2.24) is 25.6 Å². The van der Waals surface area contributed by atoms with Gasteiger partial charge in [0.1, 0.15) is 11.4 Å². The van der Waals surface area contributed by atoms with Crippen molar-refractivity contribution in [3.8, 4) is 0 Å². The number of ether oxygens (including phenoxy) is 1. The van der Waals surface area contributed by atoms with Crippen LogP contribution in [0.5, 0.6) is 0 Å². The van der Waals surface area contributed by atoms with E-state index in [2.05, 4.69) is 48.4 Å². The second-order valence-corrected chi connectivity index (χ2v) is 9.07. The zero-order chi connectivity index (χ0) is 22.9. The molecule has 0 bridgehead atoms. The molecule has 0 atom stereocenters. The van der Waals surface area contributed by atoms with E-state index in [0.29, 0.717) is 36.5 Å². The summed E-state index contributed by atoms with van der Waals surface area (Å²) in [5, 5.41) is 13.1. The molecule has 0 spiro atoms. The molecular weight excluding hydrogens is 430 g/mol. The predicted molar refractivity (Wildman–Crippen MR) is 129 cm³/mol. The van der Waals surface area contributed by atoms with Gasteiger partial charge in [-0.1, -0.05) is 6.07 Å². The molecule has 2 fully saturated rings. The number of benzene rings is 1. The quantitative estimate of drug-likeness (QED) is 0.428. The summed E-state index contributed by atoms with van der Waals surface area (Å²) in [5.74, 6) is 1.03. The van der Waals surface area contributed by atoms with E-state index in [1.54, 1.807) is 12.4 Å². The Labute approximate surface area is 197 Å². The van der Waals surface area contributed by atoms with Gasteiger partial charge in [-0.2, -0.15) is 4.98 Å². The lowest BCUT2D eigenvalue weighted by atomic mass is 10.0. The number of aromatic nitrogens is 3. The predicted octanol–water partition coefficient (Wildman–Crippen LogP) is 3.01. The number of carbonyl (C=O) groups is 1. The van der Waals surface area contributed by atoms with Crippen LogP contribution < -0.4 is 21.3 Å². The van der Waals surface area contributed by atoms with Crippen molar-refractivity contribution < 1.29 is 9.53 Å². The van der Waals surface area contributed by atoms with Crippen molar-refractivity contribution in [3.63, 3.8) is 0 Å². The number of amides is 1. The molecule has 1 aliphatic carbocycles. The number of nitrogens with one attached hydrogen (secondary N) is 4. The van der Waals surface area contributed by atoms with Gasteiger partial charge in [0.25, 0.3) is 5.91 Å². The third-order valence-corrected chi connectivity index (χ3v) is 6.40. The van der Waals surface area contributed by atoms with Crippen LogP contribution in [-0.2, 0) is 17.7 Å². The van der Waals surface area contributed by atoms with Crippen LogP contribution in [0.15, 0.2) is 42.7 Å². The van der Waals surface area contributed by atoms with Crippen LogP contribution in [0, 0.1) is 0 Å². The first-order chi connectivity index (χ1) is 16.7. The molecule has 6 rings (SSSR count). The normalized spacial score (nSPS) is 17.4. The molecule has 1 aromatic carbocycles. The van der Waals surface area contributed by atoms with E-state index in [0.717, 1.165) is 49.4 Å². The topological polar surface area (TPSA) is 113 Å². The summed E-state index contributed by atoms with van der Waals surface area (Å²) in [6.45, 7) is 3.24. The summed E-state index contributed by atoms with van der Waals surface area (Å²) in [6, 6.07) is 10.4. The molecule has 9 nitrogen and oxygen atoms in total. The molecule has 3 aromatic rings. The summed E-state index contributed by atoms with van der Waals surface area (Å²) >= 11 is 0. The van der Waals surface area contributed by atoms with Gasteiger partial charge in [-0.25, -0.2) is 4.98 Å². The first-order valence-corrected chi connectivity index (χ1v) is 11.8. The van der Waals surface area contributed by atoms with Gasteiger partial charge in [0.2, 0.25) is 5.95 Å². The highest BCUT2D eigenvalue weighted by atomic mass is 16.5. The molecule has 4 heterocycles. The molecule has 2 aliphatic heterocycles. The van der Waals surface area contributed by atoms with E-state index >= 15 is 0 Å². The fourth-order valence-corrected chi connectivity index (χ4v) is 4.17. The molecule has 34 heavy (non-hydrogen) atoms. The fraction of sp³-hybridized carbons (Fsp3) is 0.360. The average molecular weight is 458 g/mol. The summed E-state index contributed by atoms with van der Waals surface area (Å²) in [5.41, 5.74) is 5.78. The van der Waals surface area contributed by atoms with Gasteiger partial charge in [0, 0.05) is 42.3 Å². The molecule has 0 unspecified atom stereocenters. The first-order valence-electron chi connectivity index (χ1n) is 11.8. The van der Waals surface area contributed by atoms with Crippen molar-refractivity contribution in [2.45, 2.75) is 37.8 Å². The number of pyridine rings is 1. The SMILES string of the molecule is O=C(NC1CC1)c1cnc(Nc2ccc3c(c2)CCNC3)nc1Nc1ccnc(C2COC2)c1. The van der Waals surface area contributed by atoms with Gasteiger partial charge in [-0.3, -0.25) is 9.78 Å². The maximum Gasteiger partial charge on any atom is 0.256 e. The largest absolute Gasteiger partial charge is 0.380 e. The van der Waals surface area contributed by atoms with Crippen LogP contribution in [0.25, 0.3) is 0 Å². The minimum atomic E-state index is -0.167. The van der Waals surface area contributed by atoms with Crippen molar-refractivity contribution in [2.75, 3.05) is 30.4 Å². The number of fused-ring (bicyclic) bond motifs is 1. The van der Waals surface area contributed by atoms with E-state index in [9.17, 15) is 4.79 Å². The van der Waals surface area contributed by atoms with Crippen LogP contribution >= 0.6 is 0 Å². The van der Waals surface area contributed by atoms with Crippen molar-refractivity contribution >= 4 is 29.0 Å². The third-order valence-electron chi connectivity index (χ3n) is 6.40. The summed E-state index contributed by atoms with van der Waals surface area (Å²) in [7, 11) is 0. The van der Waals surface area contributed by atoms with Crippen LogP contribution in [-0.4, -0.2) is 46.7 Å². The van der Waals surface area contributed by atoms with Crippen LogP contribution in [0.1, 0.15) is 45.9 Å². The molecule has 9 heteroatoms. The second-order valence-electron chi connectivity index (χ2n) is 9.07. The van der Waals surface area contributed by atoms with Crippen LogP contribution in [0.2, 0.25) is 0 Å². The Balaban J connectivity index is 1.28. The molecule has 1 saturated heterocycles. The van der Waals surface area contributed by atoms with E-state index < -0.39 is 0 Å². The Morgan fingerprint density at radius 2 is 1.91 bits per heavy atom. The van der Waals surface area contributed by atoms with Gasteiger partial charge < -0.3 is 26.0 Å². The first kappa shape index (κ1) is 21.0. The monoisotopic (exact) mass is 457 g/mol. The van der Waals surface area contributed by atoms with E-state index in [-0.39, 0.29) is 11.9 Å². The third kappa shape index (κ3) is 4.57. The van der Waals surface area contributed by atoms with Crippen LogP contribution in [0.3, 0.4) is 0 Å². The number of hydrogen-bond acceptors (Lipinski definition) is 8. The highest BCUT2D eigenvalue weighted by Crippen LogP contribution is 2.28.